The molecule has 0 aliphatic rings. The van der Waals surface area contributed by atoms with Gasteiger partial charge in [-0.25, -0.2) is 0 Å². The highest BCUT2D eigenvalue weighted by Crippen LogP contribution is 2.35. The first-order valence-corrected chi connectivity index (χ1v) is 7.49. The van der Waals surface area contributed by atoms with Crippen LogP contribution in [0.3, 0.4) is 0 Å². The van der Waals surface area contributed by atoms with Crippen molar-refractivity contribution in [3.63, 3.8) is 0 Å². The summed E-state index contributed by atoms with van der Waals surface area (Å²) in [4.78, 5) is 0. The highest BCUT2D eigenvalue weighted by Gasteiger charge is 2.19. The van der Waals surface area contributed by atoms with E-state index < -0.39 is 0 Å². The quantitative estimate of drug-likeness (QED) is 0.818. The van der Waals surface area contributed by atoms with Crippen molar-refractivity contribution in [3.8, 4) is 11.5 Å². The fraction of sp³-hybridized carbons (Fsp3) is 0.333. The first-order valence-electron chi connectivity index (χ1n) is 7.11. The van der Waals surface area contributed by atoms with Crippen LogP contribution in [-0.2, 0) is 5.41 Å². The highest BCUT2D eigenvalue weighted by molar-refractivity contribution is 6.31. The van der Waals surface area contributed by atoms with Gasteiger partial charge in [-0.15, -0.1) is 0 Å². The molecule has 0 aliphatic carbocycles. The van der Waals surface area contributed by atoms with Crippen LogP contribution in [0.4, 0.5) is 0 Å². The molecule has 1 unspecified atom stereocenters. The Labute approximate surface area is 131 Å². The predicted octanol–water partition coefficient (Wildman–Crippen LogP) is 5.45. The second-order valence-electron chi connectivity index (χ2n) is 6.32. The molecule has 0 aromatic heterocycles. The summed E-state index contributed by atoms with van der Waals surface area (Å²) >= 11 is 6.26. The number of hydrogen-bond donors (Lipinski definition) is 1. The number of ether oxygens (including phenoxy) is 1. The van der Waals surface area contributed by atoms with E-state index >= 15 is 0 Å². The van der Waals surface area contributed by atoms with Crippen LogP contribution in [0.15, 0.2) is 42.5 Å². The summed E-state index contributed by atoms with van der Waals surface area (Å²) in [6.45, 7) is 8.42. The first-order chi connectivity index (χ1) is 9.79. The lowest BCUT2D eigenvalue weighted by Gasteiger charge is -2.22. The summed E-state index contributed by atoms with van der Waals surface area (Å²) in [6.07, 6.45) is 0. The minimum absolute atomic E-state index is 0.0199. The average molecular weight is 304 g/mol. The van der Waals surface area contributed by atoms with Gasteiger partial charge in [0.05, 0.1) is 0 Å². The number of hydrogen-bond acceptors (Lipinski definition) is 2. The minimum Gasteiger partial charge on any atom is -0.457 e. The number of benzene rings is 2. The summed E-state index contributed by atoms with van der Waals surface area (Å²) in [7, 11) is 0. The van der Waals surface area contributed by atoms with Crippen LogP contribution in [0.25, 0.3) is 0 Å². The summed E-state index contributed by atoms with van der Waals surface area (Å²) in [5, 5.41) is 0.635. The third-order valence-corrected chi connectivity index (χ3v) is 3.71. The van der Waals surface area contributed by atoms with Gasteiger partial charge in [0.2, 0.25) is 0 Å². The molecule has 3 heteroatoms. The zero-order chi connectivity index (χ0) is 15.6. The van der Waals surface area contributed by atoms with Crippen molar-refractivity contribution < 1.29 is 4.74 Å². The van der Waals surface area contributed by atoms with Crippen LogP contribution in [0.2, 0.25) is 5.02 Å². The molecule has 2 aromatic rings. The van der Waals surface area contributed by atoms with Gasteiger partial charge in [0.25, 0.3) is 0 Å². The van der Waals surface area contributed by atoms with Gasteiger partial charge in [-0.3, -0.25) is 0 Å². The molecule has 0 saturated carbocycles. The molecule has 0 radical (unpaired) electrons. The van der Waals surface area contributed by atoms with Gasteiger partial charge in [0.15, 0.2) is 0 Å². The lowest BCUT2D eigenvalue weighted by Crippen LogP contribution is -2.12. The third-order valence-electron chi connectivity index (χ3n) is 3.39. The lowest BCUT2D eigenvalue weighted by atomic mass is 9.86. The molecule has 0 saturated heterocycles. The fourth-order valence-corrected chi connectivity index (χ4v) is 2.59. The second kappa shape index (κ2) is 6.08. The first kappa shape index (κ1) is 15.9. The van der Waals surface area contributed by atoms with Gasteiger partial charge in [-0.1, -0.05) is 56.6 Å². The van der Waals surface area contributed by atoms with E-state index in [1.807, 2.05) is 43.3 Å². The van der Waals surface area contributed by atoms with E-state index in [9.17, 15) is 0 Å². The zero-order valence-electron chi connectivity index (χ0n) is 13.0. The molecule has 0 spiro atoms. The molecule has 1 atom stereocenters. The summed E-state index contributed by atoms with van der Waals surface area (Å²) in [5.41, 5.74) is 7.98. The van der Waals surface area contributed by atoms with Crippen molar-refractivity contribution >= 4 is 11.6 Å². The van der Waals surface area contributed by atoms with Gasteiger partial charge in [-0.05, 0) is 36.1 Å². The topological polar surface area (TPSA) is 35.2 Å². The van der Waals surface area contributed by atoms with Crippen LogP contribution in [-0.4, -0.2) is 0 Å². The Morgan fingerprint density at radius 3 is 2.33 bits per heavy atom. The van der Waals surface area contributed by atoms with Gasteiger partial charge in [0.1, 0.15) is 11.5 Å². The standard InChI is InChI=1S/C18H22ClNO/c1-12(20)14-10-9-13(11-16(14)19)21-17-8-6-5-7-15(17)18(2,3)4/h5-12H,20H2,1-4H3. The Balaban J connectivity index is 2.33. The fourth-order valence-electron chi connectivity index (χ4n) is 2.24. The molecule has 0 bridgehead atoms. The Morgan fingerprint density at radius 1 is 1.10 bits per heavy atom. The lowest BCUT2D eigenvalue weighted by molar-refractivity contribution is 0.455. The Kier molecular flexibility index (Phi) is 4.60. The van der Waals surface area contributed by atoms with Crippen molar-refractivity contribution in [1.29, 1.82) is 0 Å². The van der Waals surface area contributed by atoms with Crippen molar-refractivity contribution in [2.45, 2.75) is 39.2 Å². The number of halogens is 1. The number of para-hydroxylation sites is 1. The van der Waals surface area contributed by atoms with E-state index in [0.29, 0.717) is 5.02 Å². The van der Waals surface area contributed by atoms with Crippen molar-refractivity contribution in [2.24, 2.45) is 5.73 Å². The molecule has 2 N–H and O–H groups in total. The molecule has 2 aromatic carbocycles. The van der Waals surface area contributed by atoms with E-state index in [2.05, 4.69) is 26.8 Å². The van der Waals surface area contributed by atoms with Crippen LogP contribution in [0.5, 0.6) is 11.5 Å². The number of rotatable bonds is 3. The molecule has 2 rings (SSSR count). The van der Waals surface area contributed by atoms with E-state index in [-0.39, 0.29) is 11.5 Å². The second-order valence-corrected chi connectivity index (χ2v) is 6.73. The smallest absolute Gasteiger partial charge is 0.131 e. The maximum atomic E-state index is 6.26. The normalized spacial score (nSPS) is 13.0. The van der Waals surface area contributed by atoms with Crippen LogP contribution in [0.1, 0.15) is 44.9 Å². The Hall–Kier alpha value is -1.51. The molecular formula is C18H22ClNO. The van der Waals surface area contributed by atoms with E-state index in [1.165, 1.54) is 0 Å². The molecule has 112 valence electrons. The predicted molar refractivity (Wildman–Crippen MR) is 89.3 cm³/mol. The minimum atomic E-state index is -0.0894. The van der Waals surface area contributed by atoms with Crippen molar-refractivity contribution in [3.05, 3.63) is 58.6 Å². The summed E-state index contributed by atoms with van der Waals surface area (Å²) < 4.78 is 6.03. The average Bonchev–Trinajstić information content (AvgIpc) is 2.37. The molecular weight excluding hydrogens is 282 g/mol. The zero-order valence-corrected chi connectivity index (χ0v) is 13.7. The molecule has 0 heterocycles. The molecule has 21 heavy (non-hydrogen) atoms. The van der Waals surface area contributed by atoms with Crippen LogP contribution >= 0.6 is 11.6 Å². The van der Waals surface area contributed by atoms with Gasteiger partial charge in [-0.2, -0.15) is 0 Å². The molecule has 0 fully saturated rings. The monoisotopic (exact) mass is 303 g/mol. The van der Waals surface area contributed by atoms with Gasteiger partial charge < -0.3 is 10.5 Å². The van der Waals surface area contributed by atoms with Gasteiger partial charge in [0, 0.05) is 16.6 Å². The summed E-state index contributed by atoms with van der Waals surface area (Å²) in [5.74, 6) is 1.58. The highest BCUT2D eigenvalue weighted by atomic mass is 35.5. The van der Waals surface area contributed by atoms with Crippen molar-refractivity contribution in [1.82, 2.24) is 0 Å². The van der Waals surface area contributed by atoms with E-state index in [1.54, 1.807) is 0 Å². The summed E-state index contributed by atoms with van der Waals surface area (Å²) in [6, 6.07) is 13.6. The molecule has 2 nitrogen and oxygen atoms in total. The Morgan fingerprint density at radius 2 is 1.76 bits per heavy atom. The van der Waals surface area contributed by atoms with Gasteiger partial charge >= 0.3 is 0 Å². The SMILES string of the molecule is CC(N)c1ccc(Oc2ccccc2C(C)(C)C)cc1Cl. The third kappa shape index (κ3) is 3.78. The molecule has 0 aliphatic heterocycles. The maximum Gasteiger partial charge on any atom is 0.131 e. The van der Waals surface area contributed by atoms with E-state index in [0.717, 1.165) is 22.6 Å². The Bertz CT molecular complexity index is 629. The van der Waals surface area contributed by atoms with Crippen LogP contribution < -0.4 is 10.5 Å². The number of nitrogens with two attached hydrogens (primary N) is 1. The molecule has 0 amide bonds. The van der Waals surface area contributed by atoms with Crippen molar-refractivity contribution in [2.75, 3.05) is 0 Å². The van der Waals surface area contributed by atoms with Crippen LogP contribution in [0, 0.1) is 0 Å². The maximum absolute atomic E-state index is 6.26. The largest absolute Gasteiger partial charge is 0.457 e. The van der Waals surface area contributed by atoms with E-state index in [4.69, 9.17) is 22.1 Å².